The van der Waals surface area contributed by atoms with Crippen LogP contribution in [0.5, 0.6) is 5.75 Å². The van der Waals surface area contributed by atoms with E-state index in [1.54, 1.807) is 24.1 Å². The second-order valence-corrected chi connectivity index (χ2v) is 7.24. The number of amides is 1. The highest BCUT2D eigenvalue weighted by atomic mass is 16.5. The number of carbonyl (C=O) groups is 2. The smallest absolute Gasteiger partial charge is 0.335 e. The predicted octanol–water partition coefficient (Wildman–Crippen LogP) is 4.45. The molecule has 156 valence electrons. The Morgan fingerprint density at radius 2 is 1.71 bits per heavy atom. The molecule has 0 fully saturated rings. The van der Waals surface area contributed by atoms with Gasteiger partial charge in [0.25, 0.3) is 5.91 Å². The fourth-order valence-corrected chi connectivity index (χ4v) is 3.85. The van der Waals surface area contributed by atoms with Crippen LogP contribution in [0.25, 0.3) is 5.57 Å². The molecule has 1 aliphatic rings. The third-order valence-electron chi connectivity index (χ3n) is 5.35. The van der Waals surface area contributed by atoms with Gasteiger partial charge in [-0.05, 0) is 41.0 Å². The molecule has 0 saturated heterocycles. The molecule has 1 amide bonds. The Bertz CT molecular complexity index is 1150. The SMILES string of the molecule is COc1cccc(CN2C(=O)C(O)=C(c3ccccc3)C2c2ccc(C(=O)O)cc2)c1. The van der Waals surface area contributed by atoms with Gasteiger partial charge in [0.15, 0.2) is 5.76 Å². The number of hydrogen-bond acceptors (Lipinski definition) is 4. The number of methoxy groups -OCH3 is 1. The number of aliphatic hydroxyl groups is 1. The summed E-state index contributed by atoms with van der Waals surface area (Å²) in [6, 6.07) is 22.4. The van der Waals surface area contributed by atoms with Crippen molar-refractivity contribution >= 4 is 17.4 Å². The van der Waals surface area contributed by atoms with Gasteiger partial charge in [-0.15, -0.1) is 0 Å². The average molecular weight is 415 g/mol. The van der Waals surface area contributed by atoms with Crippen molar-refractivity contribution in [1.82, 2.24) is 4.90 Å². The molecule has 0 saturated carbocycles. The van der Waals surface area contributed by atoms with Gasteiger partial charge in [-0.25, -0.2) is 4.79 Å². The fraction of sp³-hybridized carbons (Fsp3) is 0.120. The lowest BCUT2D eigenvalue weighted by Gasteiger charge is -2.27. The van der Waals surface area contributed by atoms with Gasteiger partial charge in [0.05, 0.1) is 18.7 Å². The molecule has 6 nitrogen and oxygen atoms in total. The Morgan fingerprint density at radius 3 is 2.35 bits per heavy atom. The first kappa shape index (κ1) is 20.2. The number of hydrogen-bond donors (Lipinski definition) is 2. The standard InChI is InChI=1S/C25H21NO5/c1-31-20-9-5-6-16(14-20)15-26-22(18-10-12-19(13-11-18)25(29)30)21(23(27)24(26)28)17-7-3-2-4-8-17/h2-14,22,27H,15H2,1H3,(H,29,30). The van der Waals surface area contributed by atoms with Gasteiger partial charge in [-0.1, -0.05) is 54.6 Å². The van der Waals surface area contributed by atoms with Crippen LogP contribution in [0.2, 0.25) is 0 Å². The first-order valence-corrected chi connectivity index (χ1v) is 9.75. The van der Waals surface area contributed by atoms with E-state index in [4.69, 9.17) is 4.74 Å². The van der Waals surface area contributed by atoms with Gasteiger partial charge in [0.1, 0.15) is 5.75 Å². The molecule has 1 atom stereocenters. The van der Waals surface area contributed by atoms with Crippen molar-refractivity contribution in [3.8, 4) is 5.75 Å². The Kier molecular flexibility index (Phi) is 5.45. The minimum absolute atomic E-state index is 0.155. The predicted molar refractivity (Wildman–Crippen MR) is 116 cm³/mol. The van der Waals surface area contributed by atoms with E-state index in [-0.39, 0.29) is 17.9 Å². The molecule has 4 rings (SSSR count). The third kappa shape index (κ3) is 3.88. The van der Waals surface area contributed by atoms with Gasteiger partial charge >= 0.3 is 5.97 Å². The van der Waals surface area contributed by atoms with Gasteiger partial charge in [-0.2, -0.15) is 0 Å². The maximum absolute atomic E-state index is 13.1. The zero-order valence-electron chi connectivity index (χ0n) is 16.9. The number of benzene rings is 3. The first-order valence-electron chi connectivity index (χ1n) is 9.75. The number of ether oxygens (including phenoxy) is 1. The molecule has 1 heterocycles. The average Bonchev–Trinajstić information content (AvgIpc) is 3.04. The molecule has 1 aliphatic heterocycles. The number of carbonyl (C=O) groups excluding carboxylic acids is 1. The molecule has 3 aromatic carbocycles. The lowest BCUT2D eigenvalue weighted by atomic mass is 9.93. The molecular formula is C25H21NO5. The van der Waals surface area contributed by atoms with Crippen molar-refractivity contribution in [3.63, 3.8) is 0 Å². The van der Waals surface area contributed by atoms with E-state index in [9.17, 15) is 19.8 Å². The molecule has 6 heteroatoms. The molecule has 2 N–H and O–H groups in total. The topological polar surface area (TPSA) is 87.1 Å². The van der Waals surface area contributed by atoms with Crippen molar-refractivity contribution in [2.75, 3.05) is 7.11 Å². The lowest BCUT2D eigenvalue weighted by molar-refractivity contribution is -0.130. The van der Waals surface area contributed by atoms with Crippen LogP contribution in [0.15, 0.2) is 84.6 Å². The van der Waals surface area contributed by atoms with Crippen LogP contribution >= 0.6 is 0 Å². The van der Waals surface area contributed by atoms with Crippen LogP contribution < -0.4 is 4.74 Å². The number of carboxylic acids is 1. The first-order chi connectivity index (χ1) is 15.0. The maximum Gasteiger partial charge on any atom is 0.335 e. The molecule has 0 spiro atoms. The summed E-state index contributed by atoms with van der Waals surface area (Å²) in [6.45, 7) is 0.252. The van der Waals surface area contributed by atoms with Gasteiger partial charge < -0.3 is 19.8 Å². The Hall–Kier alpha value is -4.06. The van der Waals surface area contributed by atoms with E-state index in [0.717, 1.165) is 11.1 Å². The zero-order chi connectivity index (χ0) is 22.0. The van der Waals surface area contributed by atoms with E-state index in [2.05, 4.69) is 0 Å². The molecule has 1 unspecified atom stereocenters. The highest BCUT2D eigenvalue weighted by Gasteiger charge is 2.41. The molecule has 0 aliphatic carbocycles. The van der Waals surface area contributed by atoms with Crippen LogP contribution in [-0.4, -0.2) is 34.1 Å². The summed E-state index contributed by atoms with van der Waals surface area (Å²) in [6.07, 6.45) is 0. The van der Waals surface area contributed by atoms with Crippen molar-refractivity contribution in [3.05, 3.63) is 107 Å². The summed E-state index contributed by atoms with van der Waals surface area (Å²) in [5, 5.41) is 20.0. The minimum atomic E-state index is -1.02. The van der Waals surface area contributed by atoms with Gasteiger partial charge in [0.2, 0.25) is 0 Å². The molecule has 3 aromatic rings. The summed E-state index contributed by atoms with van der Waals surface area (Å²) in [5.74, 6) is -1.13. The van der Waals surface area contributed by atoms with Crippen molar-refractivity contribution < 1.29 is 24.5 Å². The zero-order valence-corrected chi connectivity index (χ0v) is 16.9. The summed E-state index contributed by atoms with van der Waals surface area (Å²) < 4.78 is 5.29. The van der Waals surface area contributed by atoms with Crippen LogP contribution in [0.1, 0.15) is 33.1 Å². The van der Waals surface area contributed by atoms with E-state index < -0.39 is 17.9 Å². The van der Waals surface area contributed by atoms with Crippen molar-refractivity contribution in [2.24, 2.45) is 0 Å². The maximum atomic E-state index is 13.1. The highest BCUT2D eigenvalue weighted by Crippen LogP contribution is 2.43. The van der Waals surface area contributed by atoms with Crippen LogP contribution in [0.3, 0.4) is 0 Å². The second-order valence-electron chi connectivity index (χ2n) is 7.24. The highest BCUT2D eigenvalue weighted by molar-refractivity contribution is 6.05. The van der Waals surface area contributed by atoms with Crippen molar-refractivity contribution in [1.29, 1.82) is 0 Å². The van der Waals surface area contributed by atoms with E-state index in [1.807, 2.05) is 54.6 Å². The monoisotopic (exact) mass is 415 g/mol. The molecule has 0 bridgehead atoms. The Labute approximate surface area is 179 Å². The normalized spacial score (nSPS) is 16.0. The summed E-state index contributed by atoms with van der Waals surface area (Å²) in [4.78, 5) is 25.9. The van der Waals surface area contributed by atoms with Gasteiger partial charge in [-0.3, -0.25) is 4.79 Å². The van der Waals surface area contributed by atoms with E-state index in [0.29, 0.717) is 16.9 Å². The number of aromatic carboxylic acids is 1. The van der Waals surface area contributed by atoms with Crippen molar-refractivity contribution in [2.45, 2.75) is 12.6 Å². The van der Waals surface area contributed by atoms with Crippen LogP contribution in [0, 0.1) is 0 Å². The second kappa shape index (κ2) is 8.36. The quantitative estimate of drug-likeness (QED) is 0.621. The van der Waals surface area contributed by atoms with Crippen LogP contribution in [0.4, 0.5) is 0 Å². The fourth-order valence-electron chi connectivity index (χ4n) is 3.85. The molecular weight excluding hydrogens is 394 g/mol. The Morgan fingerprint density at radius 1 is 1.00 bits per heavy atom. The summed E-state index contributed by atoms with van der Waals surface area (Å²) in [5.41, 5.74) is 2.94. The number of carboxylic acid groups (broad SMARTS) is 1. The molecule has 0 aromatic heterocycles. The molecule has 31 heavy (non-hydrogen) atoms. The number of rotatable bonds is 6. The molecule has 0 radical (unpaired) electrons. The number of nitrogens with zero attached hydrogens (tertiary/aromatic N) is 1. The van der Waals surface area contributed by atoms with Crippen LogP contribution in [-0.2, 0) is 11.3 Å². The minimum Gasteiger partial charge on any atom is -0.503 e. The summed E-state index contributed by atoms with van der Waals surface area (Å²) in [7, 11) is 1.58. The van der Waals surface area contributed by atoms with E-state index >= 15 is 0 Å². The Balaban J connectivity index is 1.79. The lowest BCUT2D eigenvalue weighted by Crippen LogP contribution is -2.29. The summed E-state index contributed by atoms with van der Waals surface area (Å²) >= 11 is 0. The third-order valence-corrected chi connectivity index (χ3v) is 5.35. The largest absolute Gasteiger partial charge is 0.503 e. The van der Waals surface area contributed by atoms with Gasteiger partial charge in [0, 0.05) is 12.1 Å². The number of aliphatic hydroxyl groups excluding tert-OH is 1. The van der Waals surface area contributed by atoms with E-state index in [1.165, 1.54) is 12.1 Å².